The number of nitrogens with zero attached hydrogens (tertiary/aromatic N) is 1. The van der Waals surface area contributed by atoms with Gasteiger partial charge in [0.1, 0.15) is 6.04 Å². The topological polar surface area (TPSA) is 49.4 Å². The predicted octanol–water partition coefficient (Wildman–Crippen LogP) is 2.01. The van der Waals surface area contributed by atoms with Crippen LogP contribution < -0.4 is 5.32 Å². The molecule has 5 heteroatoms. The van der Waals surface area contributed by atoms with E-state index in [-0.39, 0.29) is 17.9 Å². The van der Waals surface area contributed by atoms with E-state index in [0.29, 0.717) is 37.4 Å². The van der Waals surface area contributed by atoms with Crippen LogP contribution >= 0.6 is 11.6 Å². The molecular formula is C15H19ClN2O2. The van der Waals surface area contributed by atoms with E-state index in [4.69, 9.17) is 11.6 Å². The minimum absolute atomic E-state index is 0.0340. The molecule has 1 heterocycles. The molecule has 1 fully saturated rings. The molecule has 2 rings (SSSR count). The Kier molecular flexibility index (Phi) is 5.01. The van der Waals surface area contributed by atoms with Gasteiger partial charge in [-0.15, -0.1) is 0 Å². The van der Waals surface area contributed by atoms with E-state index in [2.05, 4.69) is 5.32 Å². The molecule has 0 aromatic heterocycles. The largest absolute Gasteiger partial charge is 0.353 e. The number of rotatable bonds is 4. The van der Waals surface area contributed by atoms with E-state index in [1.807, 2.05) is 31.2 Å². The molecule has 1 saturated heterocycles. The van der Waals surface area contributed by atoms with Gasteiger partial charge in [-0.3, -0.25) is 9.59 Å². The lowest BCUT2D eigenvalue weighted by Gasteiger charge is -2.34. The molecule has 1 aromatic carbocycles. The van der Waals surface area contributed by atoms with E-state index >= 15 is 0 Å². The highest BCUT2D eigenvalue weighted by Crippen LogP contribution is 2.15. The van der Waals surface area contributed by atoms with Crippen molar-refractivity contribution in [3.05, 3.63) is 34.9 Å². The molecule has 20 heavy (non-hydrogen) atoms. The number of hydrogen-bond acceptors (Lipinski definition) is 2. The smallest absolute Gasteiger partial charge is 0.242 e. The van der Waals surface area contributed by atoms with Crippen molar-refractivity contribution in [3.63, 3.8) is 0 Å². The van der Waals surface area contributed by atoms with E-state index in [1.165, 1.54) is 0 Å². The Balaban J connectivity index is 1.95. The first-order valence-electron chi connectivity index (χ1n) is 6.93. The minimum Gasteiger partial charge on any atom is -0.353 e. The number of carbonyl (C=O) groups is 2. The Hall–Kier alpha value is -1.55. The number of carbonyl (C=O) groups excluding carboxylic acids is 2. The monoisotopic (exact) mass is 294 g/mol. The van der Waals surface area contributed by atoms with Crippen LogP contribution in [0.3, 0.4) is 0 Å². The number of nitrogens with one attached hydrogen (secondary N) is 1. The lowest BCUT2D eigenvalue weighted by molar-refractivity contribution is -0.143. The van der Waals surface area contributed by atoms with Gasteiger partial charge in [0.05, 0.1) is 0 Å². The molecule has 108 valence electrons. The number of halogens is 1. The number of hydrogen-bond donors (Lipinski definition) is 1. The fourth-order valence-corrected chi connectivity index (χ4v) is 2.72. The zero-order valence-corrected chi connectivity index (χ0v) is 12.3. The summed E-state index contributed by atoms with van der Waals surface area (Å²) in [6.45, 7) is 3.06. The molecule has 4 nitrogen and oxygen atoms in total. The summed E-state index contributed by atoms with van der Waals surface area (Å²) in [5.74, 6) is -0.0125. The molecule has 1 aliphatic heterocycles. The van der Waals surface area contributed by atoms with Gasteiger partial charge in [-0.2, -0.15) is 0 Å². The zero-order chi connectivity index (χ0) is 14.5. The predicted molar refractivity (Wildman–Crippen MR) is 78.6 cm³/mol. The van der Waals surface area contributed by atoms with Crippen LogP contribution in [0.4, 0.5) is 0 Å². The van der Waals surface area contributed by atoms with Crippen LogP contribution in [-0.4, -0.2) is 35.8 Å². The van der Waals surface area contributed by atoms with Gasteiger partial charge in [-0.05, 0) is 30.5 Å². The summed E-state index contributed by atoms with van der Waals surface area (Å²) in [5.41, 5.74) is 1.04. The van der Waals surface area contributed by atoms with Crippen molar-refractivity contribution >= 4 is 23.4 Å². The lowest BCUT2D eigenvalue weighted by Crippen LogP contribution is -2.56. The van der Waals surface area contributed by atoms with Crippen molar-refractivity contribution in [1.29, 1.82) is 0 Å². The molecule has 1 N–H and O–H groups in total. The van der Waals surface area contributed by atoms with Gasteiger partial charge < -0.3 is 10.2 Å². The third-order valence-corrected chi connectivity index (χ3v) is 3.79. The van der Waals surface area contributed by atoms with Crippen LogP contribution in [0.5, 0.6) is 0 Å². The molecular weight excluding hydrogens is 276 g/mol. The average Bonchev–Trinajstić information content (AvgIpc) is 2.44. The second-order valence-corrected chi connectivity index (χ2v) is 5.37. The molecule has 0 spiro atoms. The van der Waals surface area contributed by atoms with Crippen molar-refractivity contribution in [2.24, 2.45) is 0 Å². The number of piperazine rings is 1. The number of aryl methyl sites for hydroxylation is 1. The fraction of sp³-hybridized carbons (Fsp3) is 0.467. The van der Waals surface area contributed by atoms with Crippen LogP contribution in [0.1, 0.15) is 25.3 Å². The summed E-state index contributed by atoms with van der Waals surface area (Å²) in [6.07, 6.45) is 1.70. The maximum atomic E-state index is 12.3. The average molecular weight is 295 g/mol. The summed E-state index contributed by atoms with van der Waals surface area (Å²) in [5, 5.41) is 3.48. The second-order valence-electron chi connectivity index (χ2n) is 4.93. The molecule has 0 radical (unpaired) electrons. The first-order valence-corrected chi connectivity index (χ1v) is 7.31. The molecule has 0 aliphatic carbocycles. The second kappa shape index (κ2) is 6.75. The minimum atomic E-state index is -0.324. The van der Waals surface area contributed by atoms with Crippen molar-refractivity contribution in [2.45, 2.75) is 32.2 Å². The van der Waals surface area contributed by atoms with Crippen molar-refractivity contribution in [3.8, 4) is 0 Å². The standard InChI is InChI=1S/C15H19ClN2O2/c1-2-13-15(20)17-8-9-18(13)14(19)7-6-11-4-3-5-12(16)10-11/h3-5,10,13H,2,6-9H2,1H3,(H,17,20)/t13-/m0/s1. The van der Waals surface area contributed by atoms with Gasteiger partial charge in [-0.1, -0.05) is 30.7 Å². The highest BCUT2D eigenvalue weighted by molar-refractivity contribution is 6.30. The molecule has 0 saturated carbocycles. The SMILES string of the molecule is CC[C@H]1C(=O)NCCN1C(=O)CCc1cccc(Cl)c1. The number of benzene rings is 1. The lowest BCUT2D eigenvalue weighted by atomic mass is 10.1. The highest BCUT2D eigenvalue weighted by atomic mass is 35.5. The first-order chi connectivity index (χ1) is 9.61. The van der Waals surface area contributed by atoms with Gasteiger partial charge in [0, 0.05) is 24.5 Å². The van der Waals surface area contributed by atoms with Crippen LogP contribution in [0.25, 0.3) is 0 Å². The third-order valence-electron chi connectivity index (χ3n) is 3.55. The Labute approximate surface area is 124 Å². The summed E-state index contributed by atoms with van der Waals surface area (Å²) in [6, 6.07) is 7.20. The Morgan fingerprint density at radius 1 is 1.50 bits per heavy atom. The summed E-state index contributed by atoms with van der Waals surface area (Å²) >= 11 is 5.93. The van der Waals surface area contributed by atoms with Gasteiger partial charge in [0.15, 0.2) is 0 Å². The van der Waals surface area contributed by atoms with E-state index in [9.17, 15) is 9.59 Å². The zero-order valence-electron chi connectivity index (χ0n) is 11.6. The summed E-state index contributed by atoms with van der Waals surface area (Å²) < 4.78 is 0. The highest BCUT2D eigenvalue weighted by Gasteiger charge is 2.30. The Morgan fingerprint density at radius 2 is 2.30 bits per heavy atom. The van der Waals surface area contributed by atoms with E-state index in [0.717, 1.165) is 5.56 Å². The van der Waals surface area contributed by atoms with Gasteiger partial charge in [0.2, 0.25) is 11.8 Å². The first kappa shape index (κ1) is 14.9. The normalized spacial score (nSPS) is 18.8. The van der Waals surface area contributed by atoms with Crippen molar-refractivity contribution in [1.82, 2.24) is 10.2 Å². The van der Waals surface area contributed by atoms with Gasteiger partial charge >= 0.3 is 0 Å². The molecule has 0 unspecified atom stereocenters. The maximum Gasteiger partial charge on any atom is 0.242 e. The van der Waals surface area contributed by atoms with Gasteiger partial charge in [-0.25, -0.2) is 0 Å². The summed E-state index contributed by atoms with van der Waals surface area (Å²) in [4.78, 5) is 25.7. The maximum absolute atomic E-state index is 12.3. The third kappa shape index (κ3) is 3.51. The van der Waals surface area contributed by atoms with Crippen molar-refractivity contribution < 1.29 is 9.59 Å². The molecule has 2 amide bonds. The van der Waals surface area contributed by atoms with Crippen LogP contribution in [0.2, 0.25) is 5.02 Å². The van der Waals surface area contributed by atoms with Crippen LogP contribution in [0, 0.1) is 0 Å². The van der Waals surface area contributed by atoms with E-state index in [1.54, 1.807) is 4.90 Å². The molecule has 1 atom stereocenters. The molecule has 1 aliphatic rings. The van der Waals surface area contributed by atoms with Crippen LogP contribution in [0.15, 0.2) is 24.3 Å². The fourth-order valence-electron chi connectivity index (χ4n) is 2.51. The molecule has 0 bridgehead atoms. The van der Waals surface area contributed by atoms with E-state index < -0.39 is 0 Å². The van der Waals surface area contributed by atoms with Gasteiger partial charge in [0.25, 0.3) is 0 Å². The van der Waals surface area contributed by atoms with Crippen molar-refractivity contribution in [2.75, 3.05) is 13.1 Å². The Morgan fingerprint density at radius 3 is 3.00 bits per heavy atom. The summed E-state index contributed by atoms with van der Waals surface area (Å²) in [7, 11) is 0. The molecule has 1 aromatic rings. The quantitative estimate of drug-likeness (QED) is 0.923. The van der Waals surface area contributed by atoms with Crippen LogP contribution in [-0.2, 0) is 16.0 Å². The Bertz CT molecular complexity index is 504. The number of amides is 2.